The third kappa shape index (κ3) is 3.51. The zero-order valence-electron chi connectivity index (χ0n) is 16.7. The van der Waals surface area contributed by atoms with Crippen molar-refractivity contribution >= 4 is 44.2 Å². The maximum absolute atomic E-state index is 12.9. The van der Waals surface area contributed by atoms with Gasteiger partial charge in [-0.2, -0.15) is 0 Å². The van der Waals surface area contributed by atoms with Crippen molar-refractivity contribution in [1.82, 2.24) is 9.97 Å². The molecule has 0 bridgehead atoms. The summed E-state index contributed by atoms with van der Waals surface area (Å²) < 4.78 is 6.48. The van der Waals surface area contributed by atoms with Crippen molar-refractivity contribution in [3.05, 3.63) is 89.6 Å². The number of carbonyl (C=O) groups excluding carboxylic acids is 2. The Morgan fingerprint density at radius 1 is 0.968 bits per heavy atom. The van der Waals surface area contributed by atoms with E-state index in [4.69, 9.17) is 4.74 Å². The van der Waals surface area contributed by atoms with E-state index in [2.05, 4.69) is 9.97 Å². The number of benzene rings is 3. The van der Waals surface area contributed by atoms with E-state index in [1.54, 1.807) is 12.1 Å². The van der Waals surface area contributed by atoms with E-state index < -0.39 is 5.97 Å². The highest BCUT2D eigenvalue weighted by Crippen LogP contribution is 2.32. The number of carbonyl (C=O) groups is 2. The highest BCUT2D eigenvalue weighted by molar-refractivity contribution is 7.21. The van der Waals surface area contributed by atoms with E-state index in [0.717, 1.165) is 31.8 Å². The molecule has 6 heteroatoms. The Morgan fingerprint density at radius 2 is 1.71 bits per heavy atom. The lowest BCUT2D eigenvalue weighted by atomic mass is 10.1. The minimum Gasteiger partial charge on any atom is -0.454 e. The lowest BCUT2D eigenvalue weighted by Gasteiger charge is -2.08. The Hall–Kier alpha value is -3.77. The first kappa shape index (κ1) is 19.2. The summed E-state index contributed by atoms with van der Waals surface area (Å²) in [4.78, 5) is 33.6. The van der Waals surface area contributed by atoms with Gasteiger partial charge in [-0.25, -0.2) is 9.78 Å². The van der Waals surface area contributed by atoms with E-state index in [9.17, 15) is 9.59 Å². The summed E-state index contributed by atoms with van der Waals surface area (Å²) in [7, 11) is 0. The van der Waals surface area contributed by atoms with Crippen molar-refractivity contribution in [2.75, 3.05) is 6.61 Å². The van der Waals surface area contributed by atoms with Crippen LogP contribution >= 0.6 is 11.3 Å². The molecule has 31 heavy (non-hydrogen) atoms. The number of hydrogen-bond acceptors (Lipinski definition) is 5. The first-order valence-corrected chi connectivity index (χ1v) is 10.7. The zero-order chi connectivity index (χ0) is 21.4. The molecule has 5 nitrogen and oxygen atoms in total. The van der Waals surface area contributed by atoms with Crippen LogP contribution in [0.5, 0.6) is 0 Å². The van der Waals surface area contributed by atoms with E-state index in [0.29, 0.717) is 16.7 Å². The van der Waals surface area contributed by atoms with E-state index in [1.807, 2.05) is 67.6 Å². The van der Waals surface area contributed by atoms with Crippen LogP contribution in [0, 0.1) is 6.92 Å². The highest BCUT2D eigenvalue weighted by atomic mass is 32.1. The van der Waals surface area contributed by atoms with E-state index in [-0.39, 0.29) is 12.4 Å². The predicted octanol–water partition coefficient (Wildman–Crippen LogP) is 5.79. The van der Waals surface area contributed by atoms with Crippen molar-refractivity contribution in [3.63, 3.8) is 0 Å². The number of Topliss-reactive ketones (excluding diaryl/α,β-unsaturated/α-hetero) is 1. The number of esters is 1. The summed E-state index contributed by atoms with van der Waals surface area (Å²) in [6.07, 6.45) is 0. The third-order valence-electron chi connectivity index (χ3n) is 5.18. The number of ketones is 1. The normalized spacial score (nSPS) is 11.1. The second kappa shape index (κ2) is 7.81. The molecule has 1 N–H and O–H groups in total. The van der Waals surface area contributed by atoms with Gasteiger partial charge in [0.1, 0.15) is 5.01 Å². The molecule has 0 saturated carbocycles. The number of thiazole rings is 1. The third-order valence-corrected chi connectivity index (χ3v) is 6.25. The standard InChI is InChI=1S/C25H18N2O3S/c1-15-23(18-10-4-5-11-19(18)26-15)21(28)14-30-25(29)17-9-3-2-8-16(17)24-27-20-12-6-7-13-22(20)31-24/h2-13,26H,14H2,1H3. The summed E-state index contributed by atoms with van der Waals surface area (Å²) in [6, 6.07) is 22.6. The average molecular weight is 426 g/mol. The number of ether oxygens (including phenoxy) is 1. The molecule has 152 valence electrons. The van der Waals surface area contributed by atoms with Gasteiger partial charge in [0.2, 0.25) is 5.78 Å². The molecule has 0 saturated heterocycles. The number of rotatable bonds is 5. The minimum atomic E-state index is -0.541. The summed E-state index contributed by atoms with van der Waals surface area (Å²) in [5.74, 6) is -0.776. The van der Waals surface area contributed by atoms with Gasteiger partial charge in [-0.3, -0.25) is 4.79 Å². The maximum Gasteiger partial charge on any atom is 0.339 e. The number of nitrogens with one attached hydrogen (secondary N) is 1. The monoisotopic (exact) mass is 426 g/mol. The largest absolute Gasteiger partial charge is 0.454 e. The topological polar surface area (TPSA) is 72.1 Å². The molecule has 2 aromatic heterocycles. The second-order valence-corrected chi connectivity index (χ2v) is 8.23. The van der Waals surface area contributed by atoms with Crippen LogP contribution in [0.4, 0.5) is 0 Å². The number of aryl methyl sites for hydroxylation is 1. The van der Waals surface area contributed by atoms with Gasteiger partial charge in [-0.1, -0.05) is 48.5 Å². The Kier molecular flexibility index (Phi) is 4.84. The molecule has 0 spiro atoms. The molecule has 0 atom stereocenters. The average Bonchev–Trinajstić information content (AvgIpc) is 3.37. The van der Waals surface area contributed by atoms with Crippen LogP contribution in [0.1, 0.15) is 26.4 Å². The Balaban J connectivity index is 1.40. The first-order chi connectivity index (χ1) is 15.1. The number of H-pyrrole nitrogens is 1. The van der Waals surface area contributed by atoms with Crippen LogP contribution in [-0.2, 0) is 4.74 Å². The number of hydrogen-bond donors (Lipinski definition) is 1. The number of aromatic nitrogens is 2. The van der Waals surface area contributed by atoms with Crippen LogP contribution in [-0.4, -0.2) is 28.3 Å². The van der Waals surface area contributed by atoms with Gasteiger partial charge >= 0.3 is 5.97 Å². The molecular weight excluding hydrogens is 408 g/mol. The fraction of sp³-hybridized carbons (Fsp3) is 0.0800. The van der Waals surface area contributed by atoms with Crippen LogP contribution in [0.15, 0.2) is 72.8 Å². The van der Waals surface area contributed by atoms with Crippen LogP contribution in [0.2, 0.25) is 0 Å². The summed E-state index contributed by atoms with van der Waals surface area (Å²) >= 11 is 1.52. The van der Waals surface area contributed by atoms with Gasteiger partial charge in [-0.05, 0) is 31.2 Å². The molecule has 2 heterocycles. The maximum atomic E-state index is 12.9. The van der Waals surface area contributed by atoms with Crippen molar-refractivity contribution in [2.24, 2.45) is 0 Å². The molecule has 3 aromatic carbocycles. The summed E-state index contributed by atoms with van der Waals surface area (Å²) in [5.41, 5.74) is 4.18. The SMILES string of the molecule is Cc1[nH]c2ccccc2c1C(=O)COC(=O)c1ccccc1-c1nc2ccccc2s1. The van der Waals surface area contributed by atoms with Crippen molar-refractivity contribution in [3.8, 4) is 10.6 Å². The van der Waals surface area contributed by atoms with Crippen molar-refractivity contribution in [2.45, 2.75) is 6.92 Å². The molecule has 0 aliphatic carbocycles. The Bertz CT molecular complexity index is 1410. The van der Waals surface area contributed by atoms with E-state index >= 15 is 0 Å². The molecular formula is C25H18N2O3S. The first-order valence-electron chi connectivity index (χ1n) is 9.84. The van der Waals surface area contributed by atoms with Gasteiger partial charge in [0.15, 0.2) is 6.61 Å². The molecule has 5 aromatic rings. The summed E-state index contributed by atoms with van der Waals surface area (Å²) in [6.45, 7) is 1.52. The van der Waals surface area contributed by atoms with Crippen molar-refractivity contribution < 1.29 is 14.3 Å². The number of nitrogens with zero attached hydrogens (tertiary/aromatic N) is 1. The van der Waals surface area contributed by atoms with Crippen LogP contribution in [0.3, 0.4) is 0 Å². The fourth-order valence-corrected chi connectivity index (χ4v) is 4.76. The van der Waals surface area contributed by atoms with Gasteiger partial charge in [0, 0.05) is 27.7 Å². The smallest absolute Gasteiger partial charge is 0.339 e. The number of fused-ring (bicyclic) bond motifs is 2. The minimum absolute atomic E-state index is 0.235. The van der Waals surface area contributed by atoms with Gasteiger partial charge in [0.05, 0.1) is 15.8 Å². The fourth-order valence-electron chi connectivity index (χ4n) is 3.75. The Labute approximate surface area is 182 Å². The molecule has 0 unspecified atom stereocenters. The zero-order valence-corrected chi connectivity index (χ0v) is 17.5. The number of aromatic amines is 1. The molecule has 0 aliphatic heterocycles. The highest BCUT2D eigenvalue weighted by Gasteiger charge is 2.20. The second-order valence-electron chi connectivity index (χ2n) is 7.20. The quantitative estimate of drug-likeness (QED) is 0.285. The van der Waals surface area contributed by atoms with Crippen molar-refractivity contribution in [1.29, 1.82) is 0 Å². The summed E-state index contributed by atoms with van der Waals surface area (Å²) in [5, 5.41) is 1.57. The predicted molar refractivity (Wildman–Crippen MR) is 123 cm³/mol. The van der Waals surface area contributed by atoms with Gasteiger partial charge in [-0.15, -0.1) is 11.3 Å². The molecule has 0 radical (unpaired) electrons. The van der Waals surface area contributed by atoms with E-state index in [1.165, 1.54) is 11.3 Å². The molecule has 0 fully saturated rings. The lowest BCUT2D eigenvalue weighted by Crippen LogP contribution is -2.15. The van der Waals surface area contributed by atoms with Gasteiger partial charge < -0.3 is 9.72 Å². The Morgan fingerprint density at radius 3 is 2.58 bits per heavy atom. The van der Waals surface area contributed by atoms with Crippen LogP contribution < -0.4 is 0 Å². The number of para-hydroxylation sites is 2. The molecule has 0 aliphatic rings. The molecule has 5 rings (SSSR count). The van der Waals surface area contributed by atoms with Crippen LogP contribution in [0.25, 0.3) is 31.7 Å². The lowest BCUT2D eigenvalue weighted by molar-refractivity contribution is 0.0475. The molecule has 0 amide bonds. The van der Waals surface area contributed by atoms with Gasteiger partial charge in [0.25, 0.3) is 0 Å².